The first-order valence-corrected chi connectivity index (χ1v) is 17.5. The number of allylic oxidation sites excluding steroid dienone is 8. The summed E-state index contributed by atoms with van der Waals surface area (Å²) in [4.78, 5) is 2.59. The third-order valence-corrected chi connectivity index (χ3v) is 10.8. The molecule has 234 valence electrons. The van der Waals surface area contributed by atoms with Crippen molar-refractivity contribution in [2.75, 3.05) is 18.0 Å². The van der Waals surface area contributed by atoms with Gasteiger partial charge in [-0.15, -0.1) is 0 Å². The summed E-state index contributed by atoms with van der Waals surface area (Å²) in [7, 11) is 0. The molecule has 2 heterocycles. The molecule has 0 saturated carbocycles. The number of nitrogens with zero attached hydrogens (tertiary/aromatic N) is 2. The van der Waals surface area contributed by atoms with Gasteiger partial charge in [0, 0.05) is 47.5 Å². The highest BCUT2D eigenvalue weighted by Gasteiger charge is 2.45. The third kappa shape index (κ3) is 5.56. The van der Waals surface area contributed by atoms with E-state index in [9.17, 15) is 0 Å². The van der Waals surface area contributed by atoms with Crippen molar-refractivity contribution in [3.63, 3.8) is 0 Å². The van der Waals surface area contributed by atoms with Crippen LogP contribution >= 0.6 is 0 Å². The van der Waals surface area contributed by atoms with Gasteiger partial charge in [0.25, 0.3) is 0 Å². The maximum Gasteiger partial charge on any atom is 0.210 e. The minimum atomic E-state index is -0.0579. The van der Waals surface area contributed by atoms with Gasteiger partial charge in [0.2, 0.25) is 5.69 Å². The number of para-hydroxylation sites is 1. The van der Waals surface area contributed by atoms with Gasteiger partial charge in [-0.25, -0.2) is 0 Å². The van der Waals surface area contributed by atoms with Crippen LogP contribution in [-0.2, 0) is 10.8 Å². The maximum atomic E-state index is 2.62. The zero-order chi connectivity index (χ0) is 31.8. The molecule has 0 unspecified atom stereocenters. The van der Waals surface area contributed by atoms with E-state index in [4.69, 9.17) is 0 Å². The monoisotopic (exact) mass is 597 g/mol. The van der Waals surface area contributed by atoms with E-state index in [0.717, 1.165) is 25.9 Å². The standard InChI is InChI=1S/C43H53N2/c1-8-10-29-44-37-22-15-14-21-36(37)42(4,5)39(44)27-24-32-18-16-19-33(31(32)3)25-28-40-43(6,7)41-35-20-13-12-17-34(35)23-26-38(41)45(40)30-11-9-2/h12-15,17,20-28H,8-11,16,18-19,29-30H2,1-7H3/q+1. The Hall–Kier alpha value is -3.65. The third-order valence-electron chi connectivity index (χ3n) is 10.8. The Bertz CT molecular complexity index is 1750. The first kappa shape index (κ1) is 31.3. The molecule has 0 bridgehead atoms. The Balaban J connectivity index is 1.36. The molecule has 0 aromatic heterocycles. The molecular formula is C43H53N2+. The minimum absolute atomic E-state index is 0.00222. The molecule has 0 N–H and O–H groups in total. The van der Waals surface area contributed by atoms with Crippen LogP contribution in [0.15, 0.2) is 107 Å². The average molecular weight is 598 g/mol. The van der Waals surface area contributed by atoms with Crippen molar-refractivity contribution in [3.05, 3.63) is 119 Å². The average Bonchev–Trinajstić information content (AvgIpc) is 3.39. The van der Waals surface area contributed by atoms with Gasteiger partial charge in [-0.05, 0) is 97.7 Å². The van der Waals surface area contributed by atoms with Crippen molar-refractivity contribution in [3.8, 4) is 0 Å². The van der Waals surface area contributed by atoms with Crippen molar-refractivity contribution in [1.29, 1.82) is 0 Å². The fourth-order valence-electron chi connectivity index (χ4n) is 8.12. The van der Waals surface area contributed by atoms with Crippen molar-refractivity contribution < 1.29 is 4.58 Å². The first-order chi connectivity index (χ1) is 21.7. The van der Waals surface area contributed by atoms with Gasteiger partial charge in [-0.3, -0.25) is 0 Å². The lowest BCUT2D eigenvalue weighted by molar-refractivity contribution is -0.438. The summed E-state index contributed by atoms with van der Waals surface area (Å²) in [5, 5.41) is 2.72. The van der Waals surface area contributed by atoms with Crippen LogP contribution in [0.25, 0.3) is 10.8 Å². The summed E-state index contributed by atoms with van der Waals surface area (Å²) >= 11 is 0. The van der Waals surface area contributed by atoms with E-state index in [2.05, 4.69) is 143 Å². The normalized spacial score (nSPS) is 20.7. The lowest BCUT2D eigenvalue weighted by Gasteiger charge is -2.27. The highest BCUT2D eigenvalue weighted by atomic mass is 15.2. The molecule has 3 aliphatic rings. The fourth-order valence-corrected chi connectivity index (χ4v) is 8.12. The molecule has 3 aromatic carbocycles. The van der Waals surface area contributed by atoms with E-state index < -0.39 is 0 Å². The van der Waals surface area contributed by atoms with Gasteiger partial charge in [-0.2, -0.15) is 4.58 Å². The Morgan fingerprint density at radius 2 is 1.56 bits per heavy atom. The van der Waals surface area contributed by atoms with E-state index in [-0.39, 0.29) is 10.8 Å². The van der Waals surface area contributed by atoms with Crippen LogP contribution in [-0.4, -0.2) is 23.4 Å². The predicted molar refractivity (Wildman–Crippen MR) is 195 cm³/mol. The van der Waals surface area contributed by atoms with Crippen molar-refractivity contribution in [1.82, 2.24) is 0 Å². The molecule has 3 aromatic rings. The van der Waals surface area contributed by atoms with Crippen LogP contribution in [0.2, 0.25) is 0 Å². The van der Waals surface area contributed by atoms with Gasteiger partial charge < -0.3 is 4.90 Å². The van der Waals surface area contributed by atoms with Crippen LogP contribution in [0.4, 0.5) is 11.4 Å². The SMILES string of the molecule is CCCCN1/C(=C/C=C2\CCCC(/C=C/C3=[N+](CCCC)c4ccc5ccccc5c4C3(C)C)=C2C)C(C)(C)c2ccccc21. The lowest BCUT2D eigenvalue weighted by Crippen LogP contribution is -2.28. The highest BCUT2D eigenvalue weighted by Crippen LogP contribution is 2.48. The Kier molecular flexibility index (Phi) is 8.79. The summed E-state index contributed by atoms with van der Waals surface area (Å²) in [6.45, 7) is 18.7. The van der Waals surface area contributed by atoms with Crippen molar-refractivity contribution >= 4 is 27.9 Å². The van der Waals surface area contributed by atoms with Gasteiger partial charge in [0.05, 0.1) is 5.41 Å². The molecular weight excluding hydrogens is 544 g/mol. The summed E-state index contributed by atoms with van der Waals surface area (Å²) in [6, 6.07) is 22.6. The van der Waals surface area contributed by atoms with Crippen LogP contribution in [0.3, 0.4) is 0 Å². The minimum Gasteiger partial charge on any atom is -0.344 e. The summed E-state index contributed by atoms with van der Waals surface area (Å²) in [5.41, 5.74) is 12.9. The lowest BCUT2D eigenvalue weighted by atomic mass is 9.78. The van der Waals surface area contributed by atoms with Crippen LogP contribution in [0.5, 0.6) is 0 Å². The molecule has 2 nitrogen and oxygen atoms in total. The highest BCUT2D eigenvalue weighted by molar-refractivity contribution is 6.07. The molecule has 2 heteroatoms. The molecule has 0 spiro atoms. The smallest absolute Gasteiger partial charge is 0.210 e. The zero-order valence-corrected chi connectivity index (χ0v) is 28.8. The van der Waals surface area contributed by atoms with Crippen molar-refractivity contribution in [2.24, 2.45) is 0 Å². The largest absolute Gasteiger partial charge is 0.344 e. The number of unbranched alkanes of at least 4 members (excludes halogenated alkanes) is 2. The predicted octanol–water partition coefficient (Wildman–Crippen LogP) is 11.5. The van der Waals surface area contributed by atoms with E-state index >= 15 is 0 Å². The molecule has 6 rings (SSSR count). The fraction of sp³-hybridized carbons (Fsp3) is 0.419. The van der Waals surface area contributed by atoms with Gasteiger partial charge >= 0.3 is 0 Å². The topological polar surface area (TPSA) is 6.25 Å². The van der Waals surface area contributed by atoms with Crippen LogP contribution in [0.1, 0.15) is 105 Å². The Morgan fingerprint density at radius 1 is 0.800 bits per heavy atom. The van der Waals surface area contributed by atoms with Gasteiger partial charge in [-0.1, -0.05) is 95.2 Å². The van der Waals surface area contributed by atoms with Crippen LogP contribution in [0, 0.1) is 0 Å². The molecule has 0 atom stereocenters. The second-order valence-corrected chi connectivity index (χ2v) is 14.4. The van der Waals surface area contributed by atoms with Gasteiger partial charge in [0.15, 0.2) is 5.71 Å². The number of hydrogen-bond donors (Lipinski definition) is 0. The summed E-state index contributed by atoms with van der Waals surface area (Å²) in [6.07, 6.45) is 18.1. The summed E-state index contributed by atoms with van der Waals surface area (Å²) < 4.78 is 2.62. The molecule has 2 aliphatic heterocycles. The molecule has 0 radical (unpaired) electrons. The second-order valence-electron chi connectivity index (χ2n) is 14.4. The van der Waals surface area contributed by atoms with Gasteiger partial charge in [0.1, 0.15) is 6.54 Å². The number of anilines is 1. The molecule has 0 saturated heterocycles. The number of rotatable bonds is 9. The molecule has 1 aliphatic carbocycles. The Morgan fingerprint density at radius 3 is 2.36 bits per heavy atom. The van der Waals surface area contributed by atoms with E-state index in [0.29, 0.717) is 0 Å². The summed E-state index contributed by atoms with van der Waals surface area (Å²) in [5.74, 6) is 0. The Labute approximate surface area is 272 Å². The quantitative estimate of drug-likeness (QED) is 0.222. The maximum absolute atomic E-state index is 2.62. The van der Waals surface area contributed by atoms with E-state index in [1.807, 2.05) is 0 Å². The molecule has 45 heavy (non-hydrogen) atoms. The first-order valence-electron chi connectivity index (χ1n) is 17.5. The number of fused-ring (bicyclic) bond motifs is 4. The zero-order valence-electron chi connectivity index (χ0n) is 28.8. The second kappa shape index (κ2) is 12.6. The number of benzene rings is 3. The van der Waals surface area contributed by atoms with E-state index in [1.54, 1.807) is 0 Å². The molecule has 0 fully saturated rings. The van der Waals surface area contributed by atoms with E-state index in [1.165, 1.54) is 93.5 Å². The number of hydrogen-bond acceptors (Lipinski definition) is 1. The van der Waals surface area contributed by atoms with Crippen LogP contribution < -0.4 is 4.90 Å². The van der Waals surface area contributed by atoms with Crippen molar-refractivity contribution in [2.45, 2.75) is 104 Å². The molecule has 0 amide bonds.